The van der Waals surface area contributed by atoms with Crippen molar-refractivity contribution < 1.29 is 0 Å². The summed E-state index contributed by atoms with van der Waals surface area (Å²) in [4.78, 5) is 0. The van der Waals surface area contributed by atoms with Gasteiger partial charge >= 0.3 is 0 Å². The first-order chi connectivity index (χ1) is 7.67. The van der Waals surface area contributed by atoms with E-state index in [0.29, 0.717) is 0 Å². The smallest absolute Gasteiger partial charge is 0.00431 e. The molecule has 0 saturated carbocycles. The van der Waals surface area contributed by atoms with Crippen LogP contribution in [0.2, 0.25) is 0 Å². The first-order valence-electron chi connectivity index (χ1n) is 6.43. The number of unbranched alkanes of at least 4 members (excludes halogenated alkanes) is 2. The Kier molecular flexibility index (Phi) is 5.54. The maximum atomic E-state index is 3.56. The summed E-state index contributed by atoms with van der Waals surface area (Å²) in [5.41, 5.74) is 1.64. The first kappa shape index (κ1) is 13.2. The summed E-state index contributed by atoms with van der Waals surface area (Å²) in [6.07, 6.45) is 3.92. The van der Waals surface area contributed by atoms with E-state index in [0.717, 1.165) is 13.1 Å². The zero-order valence-corrected chi connectivity index (χ0v) is 10.9. The zero-order valence-electron chi connectivity index (χ0n) is 10.9. The molecule has 0 fully saturated rings. The van der Waals surface area contributed by atoms with Gasteiger partial charge in [-0.3, -0.25) is 0 Å². The minimum atomic E-state index is 0.230. The Hall–Kier alpha value is -0.820. The number of rotatable bonds is 7. The molecule has 0 saturated heterocycles. The third-order valence-electron chi connectivity index (χ3n) is 3.08. The molecule has 0 unspecified atom stereocenters. The van der Waals surface area contributed by atoms with Crippen LogP contribution in [0.1, 0.15) is 45.6 Å². The van der Waals surface area contributed by atoms with Gasteiger partial charge in [-0.1, -0.05) is 63.9 Å². The van der Waals surface area contributed by atoms with Crippen molar-refractivity contribution in [2.75, 3.05) is 13.1 Å². The predicted octanol–water partition coefficient (Wildman–Crippen LogP) is 3.74. The average Bonchev–Trinajstić information content (AvgIpc) is 2.30. The fourth-order valence-corrected chi connectivity index (χ4v) is 1.89. The van der Waals surface area contributed by atoms with Crippen LogP contribution < -0.4 is 5.32 Å². The first-order valence-corrected chi connectivity index (χ1v) is 6.43. The van der Waals surface area contributed by atoms with Gasteiger partial charge in [0.15, 0.2) is 0 Å². The molecular formula is C15H25N. The van der Waals surface area contributed by atoms with Crippen LogP contribution in [-0.2, 0) is 5.41 Å². The van der Waals surface area contributed by atoms with E-state index < -0.39 is 0 Å². The lowest BCUT2D eigenvalue weighted by molar-refractivity contribution is 0.463. The highest BCUT2D eigenvalue weighted by atomic mass is 14.9. The molecule has 0 aliphatic carbocycles. The standard InChI is InChI=1S/C15H25N/c1-4-5-9-12-16-13-15(2,3)14-10-7-6-8-11-14/h6-8,10-11,16H,4-5,9,12-13H2,1-3H3. The predicted molar refractivity (Wildman–Crippen MR) is 71.9 cm³/mol. The molecule has 0 spiro atoms. The van der Waals surface area contributed by atoms with Gasteiger partial charge in [0, 0.05) is 12.0 Å². The van der Waals surface area contributed by atoms with Crippen molar-refractivity contribution in [2.45, 2.75) is 45.4 Å². The molecule has 1 aromatic carbocycles. The number of benzene rings is 1. The van der Waals surface area contributed by atoms with Crippen LogP contribution in [0.25, 0.3) is 0 Å². The summed E-state index contributed by atoms with van der Waals surface area (Å²) in [5, 5.41) is 3.56. The van der Waals surface area contributed by atoms with Gasteiger partial charge in [-0.15, -0.1) is 0 Å². The largest absolute Gasteiger partial charge is 0.316 e. The van der Waals surface area contributed by atoms with Crippen LogP contribution >= 0.6 is 0 Å². The Bertz CT molecular complexity index is 277. The van der Waals surface area contributed by atoms with E-state index in [1.165, 1.54) is 24.8 Å². The summed E-state index contributed by atoms with van der Waals surface area (Å²) >= 11 is 0. The van der Waals surface area contributed by atoms with Gasteiger partial charge in [0.1, 0.15) is 0 Å². The number of hydrogen-bond acceptors (Lipinski definition) is 1. The maximum absolute atomic E-state index is 3.56. The van der Waals surface area contributed by atoms with Crippen LogP contribution in [0.3, 0.4) is 0 Å². The van der Waals surface area contributed by atoms with Crippen LogP contribution in [0.5, 0.6) is 0 Å². The maximum Gasteiger partial charge on any atom is 0.00431 e. The molecule has 0 atom stereocenters. The van der Waals surface area contributed by atoms with E-state index >= 15 is 0 Å². The second-order valence-electron chi connectivity index (χ2n) is 5.13. The summed E-state index contributed by atoms with van der Waals surface area (Å²) in [5.74, 6) is 0. The van der Waals surface area contributed by atoms with E-state index in [2.05, 4.69) is 56.4 Å². The van der Waals surface area contributed by atoms with Crippen LogP contribution in [0.4, 0.5) is 0 Å². The Labute approximate surface area is 100 Å². The molecule has 0 bridgehead atoms. The summed E-state index contributed by atoms with van der Waals surface area (Å²) in [7, 11) is 0. The molecule has 16 heavy (non-hydrogen) atoms. The van der Waals surface area contributed by atoms with Crippen molar-refractivity contribution >= 4 is 0 Å². The molecule has 1 aromatic rings. The molecule has 90 valence electrons. The zero-order chi connectivity index (χ0) is 11.9. The molecule has 0 aliphatic rings. The van der Waals surface area contributed by atoms with Crippen molar-refractivity contribution in [1.29, 1.82) is 0 Å². The van der Waals surface area contributed by atoms with Crippen LogP contribution in [-0.4, -0.2) is 13.1 Å². The molecule has 0 radical (unpaired) electrons. The van der Waals surface area contributed by atoms with Gasteiger partial charge in [0.05, 0.1) is 0 Å². The minimum absolute atomic E-state index is 0.230. The number of nitrogens with one attached hydrogen (secondary N) is 1. The van der Waals surface area contributed by atoms with Crippen molar-refractivity contribution in [3.05, 3.63) is 35.9 Å². The Morgan fingerprint density at radius 1 is 1.06 bits per heavy atom. The Morgan fingerprint density at radius 2 is 1.75 bits per heavy atom. The van der Waals surface area contributed by atoms with Crippen molar-refractivity contribution in [3.63, 3.8) is 0 Å². The summed E-state index contributed by atoms with van der Waals surface area (Å²) in [6.45, 7) is 9.04. The second kappa shape index (κ2) is 6.70. The topological polar surface area (TPSA) is 12.0 Å². The van der Waals surface area contributed by atoms with E-state index in [-0.39, 0.29) is 5.41 Å². The monoisotopic (exact) mass is 219 g/mol. The van der Waals surface area contributed by atoms with Crippen molar-refractivity contribution in [3.8, 4) is 0 Å². The molecule has 1 nitrogen and oxygen atoms in total. The highest BCUT2D eigenvalue weighted by Gasteiger charge is 2.19. The van der Waals surface area contributed by atoms with Gasteiger partial charge < -0.3 is 5.32 Å². The highest BCUT2D eigenvalue weighted by molar-refractivity contribution is 5.23. The molecular weight excluding hydrogens is 194 g/mol. The molecule has 0 aliphatic heterocycles. The molecule has 0 aromatic heterocycles. The van der Waals surface area contributed by atoms with Gasteiger partial charge in [-0.25, -0.2) is 0 Å². The molecule has 0 amide bonds. The second-order valence-corrected chi connectivity index (χ2v) is 5.13. The van der Waals surface area contributed by atoms with E-state index in [4.69, 9.17) is 0 Å². The van der Waals surface area contributed by atoms with Crippen LogP contribution in [0, 0.1) is 0 Å². The normalized spacial score (nSPS) is 11.7. The minimum Gasteiger partial charge on any atom is -0.316 e. The Balaban J connectivity index is 2.35. The van der Waals surface area contributed by atoms with Crippen molar-refractivity contribution in [2.24, 2.45) is 0 Å². The number of hydrogen-bond donors (Lipinski definition) is 1. The Morgan fingerprint density at radius 3 is 2.38 bits per heavy atom. The SMILES string of the molecule is CCCCCNCC(C)(C)c1ccccc1. The third-order valence-corrected chi connectivity index (χ3v) is 3.08. The lowest BCUT2D eigenvalue weighted by Gasteiger charge is -2.25. The van der Waals surface area contributed by atoms with Gasteiger partial charge in [-0.05, 0) is 18.5 Å². The molecule has 1 heteroatoms. The van der Waals surface area contributed by atoms with E-state index in [1.807, 2.05) is 0 Å². The molecule has 0 heterocycles. The quantitative estimate of drug-likeness (QED) is 0.689. The highest BCUT2D eigenvalue weighted by Crippen LogP contribution is 2.21. The van der Waals surface area contributed by atoms with E-state index in [1.54, 1.807) is 0 Å². The summed E-state index contributed by atoms with van der Waals surface area (Å²) < 4.78 is 0. The van der Waals surface area contributed by atoms with Gasteiger partial charge in [0.25, 0.3) is 0 Å². The molecule has 1 N–H and O–H groups in total. The van der Waals surface area contributed by atoms with Crippen molar-refractivity contribution in [1.82, 2.24) is 5.32 Å². The fraction of sp³-hybridized carbons (Fsp3) is 0.600. The third kappa shape index (κ3) is 4.36. The lowest BCUT2D eigenvalue weighted by atomic mass is 9.84. The van der Waals surface area contributed by atoms with Gasteiger partial charge in [-0.2, -0.15) is 0 Å². The van der Waals surface area contributed by atoms with E-state index in [9.17, 15) is 0 Å². The van der Waals surface area contributed by atoms with Crippen LogP contribution in [0.15, 0.2) is 30.3 Å². The molecule has 1 rings (SSSR count). The fourth-order valence-electron chi connectivity index (χ4n) is 1.89. The average molecular weight is 219 g/mol. The lowest BCUT2D eigenvalue weighted by Crippen LogP contribution is -2.33. The van der Waals surface area contributed by atoms with Gasteiger partial charge in [0.2, 0.25) is 0 Å². The summed E-state index contributed by atoms with van der Waals surface area (Å²) in [6, 6.07) is 10.7.